The average Bonchev–Trinajstić information content (AvgIpc) is 2.69. The molecule has 0 aromatic heterocycles. The van der Waals surface area contributed by atoms with E-state index in [2.05, 4.69) is 13.8 Å². The van der Waals surface area contributed by atoms with Gasteiger partial charge in [-0.3, -0.25) is 0 Å². The van der Waals surface area contributed by atoms with E-state index in [1.807, 2.05) is 0 Å². The molecule has 0 radical (unpaired) electrons. The second kappa shape index (κ2) is 22.6. The Balaban J connectivity index is 3.22. The summed E-state index contributed by atoms with van der Waals surface area (Å²) in [4.78, 5) is 0. The second-order valence-electron chi connectivity index (χ2n) is 8.92. The van der Waals surface area contributed by atoms with Crippen molar-refractivity contribution in [3.8, 4) is 0 Å². The van der Waals surface area contributed by atoms with Gasteiger partial charge in [0.15, 0.2) is 0 Å². The van der Waals surface area contributed by atoms with Crippen LogP contribution in [0.15, 0.2) is 11.4 Å². The molecule has 0 aromatic rings. The maximum atomic E-state index is 5.81. The fourth-order valence-corrected chi connectivity index (χ4v) is 4.04. The Morgan fingerprint density at radius 3 is 1.00 bits per heavy atom. The number of rotatable bonds is 22. The van der Waals surface area contributed by atoms with Gasteiger partial charge in [0.25, 0.3) is 0 Å². The molecule has 2 heteroatoms. The summed E-state index contributed by atoms with van der Waals surface area (Å²) in [6.07, 6.45) is 30.3. The quantitative estimate of drug-likeness (QED) is 0.180. The smallest absolute Gasteiger partial charge is 0.0925 e. The third-order valence-electron chi connectivity index (χ3n) is 6.07. The maximum absolute atomic E-state index is 5.81. The van der Waals surface area contributed by atoms with Gasteiger partial charge in [-0.15, -0.1) is 0 Å². The molecule has 0 aliphatic heterocycles. The Labute approximate surface area is 178 Å². The lowest BCUT2D eigenvalue weighted by Crippen LogP contribution is -2.12. The fraction of sp³-hybridized carbons (Fsp3) is 0.923. The van der Waals surface area contributed by atoms with E-state index < -0.39 is 0 Å². The van der Waals surface area contributed by atoms with E-state index in [0.717, 1.165) is 12.8 Å². The van der Waals surface area contributed by atoms with Crippen LogP contribution in [-0.4, -0.2) is 0 Å². The molecular weight excluding hydrogens is 340 g/mol. The number of hydrogen-bond donors (Lipinski definition) is 2. The van der Waals surface area contributed by atoms with Crippen LogP contribution in [0.1, 0.15) is 155 Å². The highest BCUT2D eigenvalue weighted by Crippen LogP contribution is 2.18. The van der Waals surface area contributed by atoms with Crippen LogP contribution >= 0.6 is 0 Å². The molecule has 0 bridgehead atoms. The first-order valence-corrected chi connectivity index (χ1v) is 12.9. The molecule has 0 saturated heterocycles. The minimum atomic E-state index is 0.584. The van der Waals surface area contributed by atoms with E-state index in [-0.39, 0.29) is 0 Å². The monoisotopic (exact) mass is 394 g/mol. The zero-order valence-corrected chi connectivity index (χ0v) is 19.7. The van der Waals surface area contributed by atoms with Gasteiger partial charge in [-0.25, -0.2) is 0 Å². The van der Waals surface area contributed by atoms with Gasteiger partial charge in [0.1, 0.15) is 0 Å². The van der Waals surface area contributed by atoms with Crippen molar-refractivity contribution in [2.24, 2.45) is 11.5 Å². The highest BCUT2D eigenvalue weighted by atomic mass is 14.8. The standard InChI is InChI=1S/C26H54N2/c1-3-5-7-8-9-10-11-12-13-14-15-16-17-18-19-20-21-22-24-25(26(27)28)23-6-4-2/h3-24,27-28H2,1-2H3. The molecule has 0 heterocycles. The van der Waals surface area contributed by atoms with E-state index in [0.29, 0.717) is 5.82 Å². The van der Waals surface area contributed by atoms with Crippen LogP contribution in [0.4, 0.5) is 0 Å². The van der Waals surface area contributed by atoms with Crippen molar-refractivity contribution in [3.05, 3.63) is 11.4 Å². The highest BCUT2D eigenvalue weighted by Gasteiger charge is 2.01. The molecule has 0 aliphatic rings. The molecule has 0 fully saturated rings. The Bertz CT molecular complexity index is 331. The predicted molar refractivity (Wildman–Crippen MR) is 128 cm³/mol. The van der Waals surface area contributed by atoms with Crippen LogP contribution in [0.2, 0.25) is 0 Å². The topological polar surface area (TPSA) is 52.0 Å². The molecule has 0 aromatic carbocycles. The molecule has 168 valence electrons. The molecule has 0 amide bonds. The lowest BCUT2D eigenvalue weighted by molar-refractivity contribution is 0.524. The van der Waals surface area contributed by atoms with Crippen molar-refractivity contribution in [2.45, 2.75) is 155 Å². The first-order valence-electron chi connectivity index (χ1n) is 12.9. The third-order valence-corrected chi connectivity index (χ3v) is 6.07. The Kier molecular flexibility index (Phi) is 22.1. The van der Waals surface area contributed by atoms with E-state index >= 15 is 0 Å². The Morgan fingerprint density at radius 1 is 0.393 bits per heavy atom. The normalized spacial score (nSPS) is 11.1. The zero-order valence-electron chi connectivity index (χ0n) is 19.7. The minimum absolute atomic E-state index is 0.584. The zero-order chi connectivity index (χ0) is 20.7. The van der Waals surface area contributed by atoms with Crippen molar-refractivity contribution in [1.82, 2.24) is 0 Å². The first kappa shape index (κ1) is 27.3. The summed E-state index contributed by atoms with van der Waals surface area (Å²) < 4.78 is 0. The fourth-order valence-electron chi connectivity index (χ4n) is 4.04. The van der Waals surface area contributed by atoms with Gasteiger partial charge >= 0.3 is 0 Å². The molecule has 0 saturated carbocycles. The van der Waals surface area contributed by atoms with Crippen molar-refractivity contribution in [1.29, 1.82) is 0 Å². The molecule has 0 unspecified atom stereocenters. The minimum Gasteiger partial charge on any atom is -0.386 e. The summed E-state index contributed by atoms with van der Waals surface area (Å²) in [6.45, 7) is 4.52. The van der Waals surface area contributed by atoms with Gasteiger partial charge in [0.05, 0.1) is 5.82 Å². The Hall–Kier alpha value is -0.660. The predicted octanol–water partition coefficient (Wildman–Crippen LogP) is 8.74. The van der Waals surface area contributed by atoms with Gasteiger partial charge in [-0.2, -0.15) is 0 Å². The average molecular weight is 395 g/mol. The lowest BCUT2D eigenvalue weighted by Gasteiger charge is -2.09. The summed E-state index contributed by atoms with van der Waals surface area (Å²) in [5, 5.41) is 0. The van der Waals surface area contributed by atoms with Crippen molar-refractivity contribution >= 4 is 0 Å². The van der Waals surface area contributed by atoms with E-state index in [1.54, 1.807) is 0 Å². The molecule has 2 nitrogen and oxygen atoms in total. The van der Waals surface area contributed by atoms with E-state index in [4.69, 9.17) is 11.5 Å². The summed E-state index contributed by atoms with van der Waals surface area (Å²) >= 11 is 0. The number of nitrogens with two attached hydrogens (primary N) is 2. The third kappa shape index (κ3) is 20.1. The van der Waals surface area contributed by atoms with Crippen LogP contribution in [0, 0.1) is 0 Å². The highest BCUT2D eigenvalue weighted by molar-refractivity contribution is 5.07. The van der Waals surface area contributed by atoms with Crippen LogP contribution in [0.25, 0.3) is 0 Å². The van der Waals surface area contributed by atoms with Gasteiger partial charge in [0, 0.05) is 0 Å². The molecular formula is C26H54N2. The SMILES string of the molecule is CCCCCCCCCCCCCCCCCCCCC(CCCC)=C(N)N. The van der Waals surface area contributed by atoms with Crippen LogP contribution in [0.5, 0.6) is 0 Å². The van der Waals surface area contributed by atoms with Crippen LogP contribution in [0.3, 0.4) is 0 Å². The number of allylic oxidation sites excluding steroid dienone is 1. The van der Waals surface area contributed by atoms with Gasteiger partial charge in [-0.1, -0.05) is 129 Å². The molecule has 0 rings (SSSR count). The first-order chi connectivity index (χ1) is 13.7. The van der Waals surface area contributed by atoms with E-state index in [1.165, 1.54) is 134 Å². The molecule has 4 N–H and O–H groups in total. The summed E-state index contributed by atoms with van der Waals surface area (Å²) in [5.41, 5.74) is 12.9. The molecule has 0 atom stereocenters. The van der Waals surface area contributed by atoms with Crippen molar-refractivity contribution in [2.75, 3.05) is 0 Å². The van der Waals surface area contributed by atoms with Crippen molar-refractivity contribution in [3.63, 3.8) is 0 Å². The molecule has 0 aliphatic carbocycles. The van der Waals surface area contributed by atoms with E-state index in [9.17, 15) is 0 Å². The van der Waals surface area contributed by atoms with Crippen LogP contribution in [-0.2, 0) is 0 Å². The summed E-state index contributed by atoms with van der Waals surface area (Å²) in [7, 11) is 0. The largest absolute Gasteiger partial charge is 0.386 e. The number of unbranched alkanes of at least 4 members (excludes halogenated alkanes) is 18. The second-order valence-corrected chi connectivity index (χ2v) is 8.92. The Morgan fingerprint density at radius 2 is 0.679 bits per heavy atom. The van der Waals surface area contributed by atoms with Gasteiger partial charge in [0.2, 0.25) is 0 Å². The summed E-state index contributed by atoms with van der Waals surface area (Å²) in [6, 6.07) is 0. The van der Waals surface area contributed by atoms with Crippen molar-refractivity contribution < 1.29 is 0 Å². The molecule has 0 spiro atoms. The molecule has 28 heavy (non-hydrogen) atoms. The van der Waals surface area contributed by atoms with Gasteiger partial charge < -0.3 is 11.5 Å². The number of hydrogen-bond acceptors (Lipinski definition) is 2. The van der Waals surface area contributed by atoms with Crippen LogP contribution < -0.4 is 11.5 Å². The summed E-state index contributed by atoms with van der Waals surface area (Å²) in [5.74, 6) is 0.584. The lowest BCUT2D eigenvalue weighted by atomic mass is 10.0. The maximum Gasteiger partial charge on any atom is 0.0925 e. The van der Waals surface area contributed by atoms with Gasteiger partial charge in [-0.05, 0) is 31.3 Å².